The molecule has 2 fully saturated rings. The summed E-state index contributed by atoms with van der Waals surface area (Å²) in [7, 11) is -3.42. The number of nitrogens with zero attached hydrogens (tertiary/aromatic N) is 3. The molecule has 0 unspecified atom stereocenters. The topological polar surface area (TPSA) is 145 Å². The van der Waals surface area contributed by atoms with E-state index >= 15 is 0 Å². The van der Waals surface area contributed by atoms with Crippen molar-refractivity contribution < 1.29 is 41.5 Å². The van der Waals surface area contributed by atoms with Gasteiger partial charge in [0.15, 0.2) is 0 Å². The van der Waals surface area contributed by atoms with Crippen LogP contribution in [0.1, 0.15) is 67.2 Å². The number of fused-ring (bicyclic) bond motifs is 2. The maximum Gasteiger partial charge on any atom is 0.410 e. The summed E-state index contributed by atoms with van der Waals surface area (Å²) in [6.45, 7) is 13.3. The van der Waals surface area contributed by atoms with Crippen molar-refractivity contribution in [3.63, 3.8) is 0 Å². The minimum atomic E-state index is -3.42. The van der Waals surface area contributed by atoms with Crippen molar-refractivity contribution in [2.24, 2.45) is 0 Å². The lowest BCUT2D eigenvalue weighted by atomic mass is 10.1. The van der Waals surface area contributed by atoms with Gasteiger partial charge in [-0.1, -0.05) is 56.1 Å². The van der Waals surface area contributed by atoms with Gasteiger partial charge < -0.3 is 29.1 Å². The zero-order chi connectivity index (χ0) is 40.6. The highest BCUT2D eigenvalue weighted by Crippen LogP contribution is 2.33. The Morgan fingerprint density at radius 1 is 0.709 bits per heavy atom. The molecule has 15 heteroatoms. The Kier molecular flexibility index (Phi) is 15.2. The van der Waals surface area contributed by atoms with Crippen LogP contribution in [-0.2, 0) is 23.8 Å². The van der Waals surface area contributed by atoms with Crippen LogP contribution < -0.4 is 4.74 Å². The molecule has 12 nitrogen and oxygen atoms in total. The van der Waals surface area contributed by atoms with E-state index in [2.05, 4.69) is 36.8 Å². The van der Waals surface area contributed by atoms with Crippen molar-refractivity contribution in [3.05, 3.63) is 75.9 Å². The van der Waals surface area contributed by atoms with Gasteiger partial charge in [-0.2, -0.15) is 8.42 Å². The molecule has 1 aromatic heterocycles. The maximum absolute atomic E-state index is 12.1. The second-order valence-electron chi connectivity index (χ2n) is 15.3. The highest BCUT2D eigenvalue weighted by molar-refractivity contribution is 9.11. The Hall–Kier alpha value is -3.66. The van der Waals surface area contributed by atoms with Crippen LogP contribution in [0.4, 0.5) is 9.59 Å². The van der Waals surface area contributed by atoms with E-state index in [1.807, 2.05) is 96.3 Å². The van der Waals surface area contributed by atoms with Gasteiger partial charge in [0.25, 0.3) is 10.1 Å². The molecular formula is C40H51Br2N3O9S. The lowest BCUT2D eigenvalue weighted by Crippen LogP contribution is -2.44. The van der Waals surface area contributed by atoms with Gasteiger partial charge in [0.1, 0.15) is 28.8 Å². The first kappa shape index (κ1) is 44.1. The third-order valence-corrected chi connectivity index (χ3v) is 10.4. The minimum Gasteiger partial charge on any atom is -0.507 e. The summed E-state index contributed by atoms with van der Waals surface area (Å²) in [6.07, 6.45) is 6.37. The van der Waals surface area contributed by atoms with E-state index < -0.39 is 21.3 Å². The van der Waals surface area contributed by atoms with Crippen LogP contribution >= 0.6 is 31.9 Å². The number of amides is 2. The quantitative estimate of drug-likeness (QED) is 0.197. The lowest BCUT2D eigenvalue weighted by molar-refractivity contribution is 0.0118. The van der Waals surface area contributed by atoms with E-state index in [1.54, 1.807) is 22.1 Å². The van der Waals surface area contributed by atoms with Gasteiger partial charge in [0.05, 0.1) is 12.4 Å². The second kappa shape index (κ2) is 19.0. The van der Waals surface area contributed by atoms with E-state index in [4.69, 9.17) is 18.4 Å². The fraction of sp³-hybridized carbons (Fsp3) is 0.475. The molecule has 0 bridgehead atoms. The van der Waals surface area contributed by atoms with Crippen LogP contribution in [0.25, 0.3) is 21.5 Å². The van der Waals surface area contributed by atoms with Crippen molar-refractivity contribution in [3.8, 4) is 11.5 Å². The first-order valence-electron chi connectivity index (χ1n) is 18.1. The van der Waals surface area contributed by atoms with Crippen LogP contribution in [0.15, 0.2) is 75.9 Å². The van der Waals surface area contributed by atoms with Gasteiger partial charge in [-0.05, 0) is 90.1 Å². The fourth-order valence-electron chi connectivity index (χ4n) is 5.85. The number of aromatic nitrogens is 1. The first-order valence-corrected chi connectivity index (χ1v) is 21.5. The molecule has 0 radical (unpaired) electrons. The number of piperidine rings is 2. The SMILES string of the molecule is CC(C)(C)OC(=O)N1CCC(OS(C)(=O)=O)CC1.CC(C)(C)OC(=O)N1CCC(Oc2ccc(Br)c3ccncc23)CC1.Oc1ccc(Br)c2ccccc12. The van der Waals surface area contributed by atoms with Gasteiger partial charge in [0.2, 0.25) is 0 Å². The second-order valence-corrected chi connectivity index (χ2v) is 18.6. The number of phenolic OH excluding ortho intramolecular Hbond substituents is 1. The molecule has 0 saturated carbocycles. The summed E-state index contributed by atoms with van der Waals surface area (Å²) < 4.78 is 45.8. The summed E-state index contributed by atoms with van der Waals surface area (Å²) >= 11 is 6.98. The monoisotopic (exact) mass is 907 g/mol. The summed E-state index contributed by atoms with van der Waals surface area (Å²) in [5.74, 6) is 1.16. The van der Waals surface area contributed by atoms with Crippen LogP contribution in [0.5, 0.6) is 11.5 Å². The fourth-order valence-corrected chi connectivity index (χ4v) is 7.49. The van der Waals surface area contributed by atoms with E-state index in [-0.39, 0.29) is 24.4 Å². The molecule has 0 aliphatic carbocycles. The Labute approximate surface area is 340 Å². The third-order valence-electron chi connectivity index (χ3n) is 8.36. The third kappa shape index (κ3) is 14.1. The molecule has 300 valence electrons. The normalized spacial score (nSPS) is 15.7. The number of rotatable bonds is 4. The standard InChI is InChI=1S/C19H23BrN2O3.C11H21NO5S.C10H7BrO/c1-19(2,3)25-18(23)22-10-7-13(8-11-22)24-17-5-4-16(20)14-6-9-21-12-15(14)17;1-11(2,3)16-10(13)12-7-5-9(6-8-12)17-18(4,14)15;11-9-5-6-10(12)8-4-2-1-3-7(8)9/h4-6,9,12-13H,7-8,10-11H2,1-3H3;9H,5-8H2,1-4H3;1-6,12H. The van der Waals surface area contributed by atoms with E-state index in [0.29, 0.717) is 44.8 Å². The summed E-state index contributed by atoms with van der Waals surface area (Å²) in [5, 5.41) is 13.5. The minimum absolute atomic E-state index is 0.0864. The Morgan fingerprint density at radius 2 is 1.18 bits per heavy atom. The summed E-state index contributed by atoms with van der Waals surface area (Å²) in [6, 6.07) is 17.2. The largest absolute Gasteiger partial charge is 0.507 e. The zero-order valence-electron chi connectivity index (χ0n) is 32.4. The molecule has 0 atom stereocenters. The van der Waals surface area contributed by atoms with Crippen LogP contribution in [0, 0.1) is 0 Å². The number of carbonyl (C=O) groups excluding carboxylic acids is 2. The van der Waals surface area contributed by atoms with Crippen LogP contribution in [-0.4, -0.2) is 96.3 Å². The average molecular weight is 910 g/mol. The molecule has 4 aromatic rings. The molecule has 2 amide bonds. The number of ether oxygens (including phenoxy) is 3. The number of hydrogen-bond acceptors (Lipinski definition) is 10. The van der Waals surface area contributed by atoms with E-state index in [0.717, 1.165) is 55.3 Å². The van der Waals surface area contributed by atoms with Gasteiger partial charge >= 0.3 is 12.2 Å². The van der Waals surface area contributed by atoms with E-state index in [9.17, 15) is 23.1 Å². The number of carbonyl (C=O) groups is 2. The molecule has 2 saturated heterocycles. The Balaban J connectivity index is 0.000000196. The molecule has 1 N–H and O–H groups in total. The van der Waals surface area contributed by atoms with Gasteiger partial charge in [-0.25, -0.2) is 9.59 Å². The molecule has 3 aromatic carbocycles. The smallest absolute Gasteiger partial charge is 0.410 e. The molecule has 55 heavy (non-hydrogen) atoms. The molecule has 2 aliphatic rings. The molecule has 0 spiro atoms. The number of hydrogen-bond donors (Lipinski definition) is 1. The molecule has 3 heterocycles. The predicted molar refractivity (Wildman–Crippen MR) is 221 cm³/mol. The van der Waals surface area contributed by atoms with Gasteiger partial charge in [-0.3, -0.25) is 9.17 Å². The molecular weight excluding hydrogens is 858 g/mol. The lowest BCUT2D eigenvalue weighted by Gasteiger charge is -2.33. The number of aromatic hydroxyl groups is 1. The summed E-state index contributed by atoms with van der Waals surface area (Å²) in [4.78, 5) is 31.4. The maximum atomic E-state index is 12.1. The zero-order valence-corrected chi connectivity index (χ0v) is 36.4. The van der Waals surface area contributed by atoms with Crippen LogP contribution in [0.2, 0.25) is 0 Å². The number of benzene rings is 3. The molecule has 2 aliphatic heterocycles. The highest BCUT2D eigenvalue weighted by Gasteiger charge is 2.29. The van der Waals surface area contributed by atoms with Gasteiger partial charge in [0, 0.05) is 76.5 Å². The highest BCUT2D eigenvalue weighted by atomic mass is 79.9. The predicted octanol–water partition coefficient (Wildman–Crippen LogP) is 9.45. The summed E-state index contributed by atoms with van der Waals surface area (Å²) in [5.41, 5.74) is -0.981. The van der Waals surface area contributed by atoms with Crippen LogP contribution in [0.3, 0.4) is 0 Å². The van der Waals surface area contributed by atoms with Crippen molar-refractivity contribution in [1.82, 2.24) is 14.8 Å². The Bertz CT molecular complexity index is 1990. The number of likely N-dealkylation sites (tertiary alicyclic amines) is 2. The van der Waals surface area contributed by atoms with Crippen molar-refractivity contribution in [1.29, 1.82) is 0 Å². The molecule has 6 rings (SSSR count). The van der Waals surface area contributed by atoms with Crippen molar-refractivity contribution in [2.45, 2.75) is 90.6 Å². The van der Waals surface area contributed by atoms with Crippen molar-refractivity contribution >= 4 is 75.7 Å². The average Bonchev–Trinajstić information content (AvgIpc) is 3.10. The van der Waals surface area contributed by atoms with Crippen molar-refractivity contribution in [2.75, 3.05) is 32.4 Å². The number of halogens is 2. The first-order chi connectivity index (χ1) is 25.7. The number of pyridine rings is 1. The number of phenols is 1. The van der Waals surface area contributed by atoms with E-state index in [1.165, 1.54) is 0 Å². The Morgan fingerprint density at radius 3 is 1.67 bits per heavy atom. The van der Waals surface area contributed by atoms with Gasteiger partial charge in [-0.15, -0.1) is 0 Å².